The molecule has 1 aromatic rings. The van der Waals surface area contributed by atoms with Crippen LogP contribution in [0, 0.1) is 0 Å². The lowest BCUT2D eigenvalue weighted by Crippen LogP contribution is -2.19. The minimum atomic E-state index is -0.201. The van der Waals surface area contributed by atoms with Crippen molar-refractivity contribution in [2.24, 2.45) is 0 Å². The first kappa shape index (κ1) is 17.3. The minimum Gasteiger partial charge on any atom is -0.495 e. The molecule has 0 aliphatic carbocycles. The van der Waals surface area contributed by atoms with Gasteiger partial charge in [0.2, 0.25) is 5.91 Å². The third kappa shape index (κ3) is 6.99. The molecule has 0 spiro atoms. The molecule has 5 heteroatoms. The van der Waals surface area contributed by atoms with E-state index in [2.05, 4.69) is 12.2 Å². The maximum absolute atomic E-state index is 11.8. The first-order valence-corrected chi connectivity index (χ1v) is 7.48. The Kier molecular flexibility index (Phi) is 8.28. The highest BCUT2D eigenvalue weighted by atomic mass is 16.5. The van der Waals surface area contributed by atoms with Gasteiger partial charge in [-0.1, -0.05) is 32.6 Å². The number of amides is 1. The highest BCUT2D eigenvalue weighted by molar-refractivity contribution is 5.93. The summed E-state index contributed by atoms with van der Waals surface area (Å²) in [6, 6.07) is 5.11. The molecule has 0 heterocycles. The maximum Gasteiger partial charge on any atom is 0.250 e. The van der Waals surface area contributed by atoms with Crippen molar-refractivity contribution < 1.29 is 14.3 Å². The van der Waals surface area contributed by atoms with Gasteiger partial charge in [-0.2, -0.15) is 0 Å². The van der Waals surface area contributed by atoms with Gasteiger partial charge in [0.05, 0.1) is 12.8 Å². The van der Waals surface area contributed by atoms with Crippen LogP contribution in [0.15, 0.2) is 18.2 Å². The zero-order chi connectivity index (χ0) is 15.5. The molecule has 5 nitrogen and oxygen atoms in total. The summed E-state index contributed by atoms with van der Waals surface area (Å²) in [5.41, 5.74) is 6.84. The number of nitrogen functional groups attached to an aromatic ring is 1. The van der Waals surface area contributed by atoms with Crippen LogP contribution in [0.2, 0.25) is 0 Å². The number of hydrogen-bond donors (Lipinski definition) is 2. The smallest absolute Gasteiger partial charge is 0.250 e. The van der Waals surface area contributed by atoms with E-state index in [-0.39, 0.29) is 12.5 Å². The highest BCUT2D eigenvalue weighted by Gasteiger charge is 2.08. The molecule has 0 saturated carbocycles. The van der Waals surface area contributed by atoms with Crippen molar-refractivity contribution in [3.8, 4) is 5.75 Å². The Morgan fingerprint density at radius 3 is 2.71 bits per heavy atom. The van der Waals surface area contributed by atoms with Crippen molar-refractivity contribution >= 4 is 17.3 Å². The van der Waals surface area contributed by atoms with Crippen molar-refractivity contribution in [3.63, 3.8) is 0 Å². The molecule has 21 heavy (non-hydrogen) atoms. The Morgan fingerprint density at radius 2 is 2.00 bits per heavy atom. The van der Waals surface area contributed by atoms with Gasteiger partial charge in [0.25, 0.3) is 0 Å². The maximum atomic E-state index is 11.8. The molecule has 0 saturated heterocycles. The second-order valence-electron chi connectivity index (χ2n) is 4.97. The summed E-state index contributed by atoms with van der Waals surface area (Å²) in [5.74, 6) is 0.379. The summed E-state index contributed by atoms with van der Waals surface area (Å²) >= 11 is 0. The minimum absolute atomic E-state index is 0.0474. The van der Waals surface area contributed by atoms with Crippen LogP contribution in [0.1, 0.15) is 39.0 Å². The predicted octanol–water partition coefficient (Wildman–Crippen LogP) is 3.20. The topological polar surface area (TPSA) is 73.6 Å². The number of carbonyl (C=O) groups is 1. The summed E-state index contributed by atoms with van der Waals surface area (Å²) in [5, 5.41) is 2.74. The lowest BCUT2D eigenvalue weighted by molar-refractivity contribution is -0.120. The van der Waals surface area contributed by atoms with E-state index < -0.39 is 0 Å². The molecular formula is C16H26N2O3. The third-order valence-electron chi connectivity index (χ3n) is 3.12. The Bertz CT molecular complexity index is 436. The Hall–Kier alpha value is -1.75. The fraction of sp³-hybridized carbons (Fsp3) is 0.562. The van der Waals surface area contributed by atoms with E-state index in [1.54, 1.807) is 25.3 Å². The van der Waals surface area contributed by atoms with Crippen molar-refractivity contribution in [2.75, 3.05) is 31.4 Å². The molecule has 0 atom stereocenters. The lowest BCUT2D eigenvalue weighted by atomic mass is 10.2. The van der Waals surface area contributed by atoms with Gasteiger partial charge in [0.15, 0.2) is 0 Å². The van der Waals surface area contributed by atoms with Gasteiger partial charge >= 0.3 is 0 Å². The van der Waals surface area contributed by atoms with Crippen LogP contribution < -0.4 is 15.8 Å². The van der Waals surface area contributed by atoms with Crippen molar-refractivity contribution in [1.29, 1.82) is 0 Å². The SMILES string of the molecule is CCCCCCCOCC(=O)Nc1cc(N)ccc1OC. The Morgan fingerprint density at radius 1 is 1.24 bits per heavy atom. The van der Waals surface area contributed by atoms with Gasteiger partial charge in [0.1, 0.15) is 12.4 Å². The van der Waals surface area contributed by atoms with Crippen LogP contribution in [0.3, 0.4) is 0 Å². The summed E-state index contributed by atoms with van der Waals surface area (Å²) in [7, 11) is 1.55. The number of carbonyl (C=O) groups excluding carboxylic acids is 1. The monoisotopic (exact) mass is 294 g/mol. The number of ether oxygens (including phenoxy) is 2. The number of hydrogen-bond acceptors (Lipinski definition) is 4. The van der Waals surface area contributed by atoms with Crippen molar-refractivity contribution in [1.82, 2.24) is 0 Å². The summed E-state index contributed by atoms with van der Waals surface area (Å²) < 4.78 is 10.5. The number of benzene rings is 1. The van der Waals surface area contributed by atoms with Crippen LogP contribution in [0.4, 0.5) is 11.4 Å². The molecule has 0 aliphatic heterocycles. The lowest BCUT2D eigenvalue weighted by Gasteiger charge is -2.11. The van der Waals surface area contributed by atoms with Gasteiger partial charge in [-0.05, 0) is 24.6 Å². The van der Waals surface area contributed by atoms with E-state index in [0.717, 1.165) is 12.8 Å². The molecule has 0 aliphatic rings. The average molecular weight is 294 g/mol. The van der Waals surface area contributed by atoms with E-state index in [4.69, 9.17) is 15.2 Å². The number of nitrogens with one attached hydrogen (secondary N) is 1. The number of nitrogens with two attached hydrogens (primary N) is 1. The largest absolute Gasteiger partial charge is 0.495 e. The number of rotatable bonds is 10. The van der Waals surface area contributed by atoms with Crippen molar-refractivity contribution in [2.45, 2.75) is 39.0 Å². The van der Waals surface area contributed by atoms with Crippen LogP contribution in [0.25, 0.3) is 0 Å². The second-order valence-corrected chi connectivity index (χ2v) is 4.97. The van der Waals surface area contributed by atoms with E-state index in [0.29, 0.717) is 23.7 Å². The zero-order valence-electron chi connectivity index (χ0n) is 13.0. The van der Waals surface area contributed by atoms with Crippen LogP contribution in [-0.4, -0.2) is 26.2 Å². The fourth-order valence-corrected chi connectivity index (χ4v) is 1.98. The summed E-state index contributed by atoms with van der Waals surface area (Å²) in [4.78, 5) is 11.8. The van der Waals surface area contributed by atoms with Crippen molar-refractivity contribution in [3.05, 3.63) is 18.2 Å². The standard InChI is InChI=1S/C16H26N2O3/c1-3-4-5-6-7-10-21-12-16(19)18-14-11-13(17)8-9-15(14)20-2/h8-9,11H,3-7,10,12,17H2,1-2H3,(H,18,19). The van der Waals surface area contributed by atoms with Gasteiger partial charge in [0, 0.05) is 12.3 Å². The van der Waals surface area contributed by atoms with E-state index >= 15 is 0 Å². The van der Waals surface area contributed by atoms with Crippen LogP contribution in [-0.2, 0) is 9.53 Å². The molecule has 1 rings (SSSR count). The molecule has 0 bridgehead atoms. The normalized spacial score (nSPS) is 10.4. The first-order chi connectivity index (χ1) is 10.2. The highest BCUT2D eigenvalue weighted by Crippen LogP contribution is 2.26. The third-order valence-corrected chi connectivity index (χ3v) is 3.12. The van der Waals surface area contributed by atoms with Gasteiger partial charge < -0.3 is 20.5 Å². The first-order valence-electron chi connectivity index (χ1n) is 7.48. The molecule has 1 aromatic carbocycles. The van der Waals surface area contributed by atoms with Gasteiger partial charge in [-0.25, -0.2) is 0 Å². The molecule has 0 unspecified atom stereocenters. The molecule has 1 amide bonds. The molecule has 3 N–H and O–H groups in total. The average Bonchev–Trinajstić information content (AvgIpc) is 2.46. The predicted molar refractivity (Wildman–Crippen MR) is 85.6 cm³/mol. The van der Waals surface area contributed by atoms with E-state index in [9.17, 15) is 4.79 Å². The molecule has 0 radical (unpaired) electrons. The van der Waals surface area contributed by atoms with Gasteiger partial charge in [-0.15, -0.1) is 0 Å². The molecule has 0 fully saturated rings. The molecule has 0 aromatic heterocycles. The zero-order valence-corrected chi connectivity index (χ0v) is 13.0. The molecule has 118 valence electrons. The number of unbranched alkanes of at least 4 members (excludes halogenated alkanes) is 4. The number of methoxy groups -OCH3 is 1. The van der Waals surface area contributed by atoms with E-state index in [1.165, 1.54) is 19.3 Å². The van der Waals surface area contributed by atoms with Crippen LogP contribution in [0.5, 0.6) is 5.75 Å². The Balaban J connectivity index is 2.26. The fourth-order valence-electron chi connectivity index (χ4n) is 1.98. The number of anilines is 2. The summed E-state index contributed by atoms with van der Waals surface area (Å²) in [6.07, 6.45) is 5.86. The second kappa shape index (κ2) is 10.0. The van der Waals surface area contributed by atoms with Gasteiger partial charge in [-0.3, -0.25) is 4.79 Å². The van der Waals surface area contributed by atoms with Crippen LogP contribution >= 0.6 is 0 Å². The quantitative estimate of drug-likeness (QED) is 0.513. The van der Waals surface area contributed by atoms with E-state index in [1.807, 2.05) is 0 Å². The Labute approximate surface area is 126 Å². The summed E-state index contributed by atoms with van der Waals surface area (Å²) in [6.45, 7) is 2.85. The molecular weight excluding hydrogens is 268 g/mol.